The Hall–Kier alpha value is -2.02. The van der Waals surface area contributed by atoms with Crippen LogP contribution in [0.1, 0.15) is 55.5 Å². The van der Waals surface area contributed by atoms with Crippen LogP contribution in [0.4, 0.5) is 0 Å². The number of ether oxygens (including phenoxy) is 1. The van der Waals surface area contributed by atoms with Crippen molar-refractivity contribution in [2.45, 2.75) is 51.9 Å². The molecule has 1 aliphatic rings. The van der Waals surface area contributed by atoms with Crippen molar-refractivity contribution in [2.24, 2.45) is 0 Å². The van der Waals surface area contributed by atoms with E-state index >= 15 is 0 Å². The van der Waals surface area contributed by atoms with Crippen LogP contribution < -0.4 is 9.97 Å². The molecule has 0 saturated heterocycles. The lowest BCUT2D eigenvalue weighted by Gasteiger charge is -2.29. The monoisotopic (exact) mass is 333 g/mol. The number of para-hydroxylation sites is 1. The topological polar surface area (TPSA) is 84.9 Å². The molecular weight excluding hydrogens is 309 g/mol. The zero-order valence-electron chi connectivity index (χ0n) is 14.2. The van der Waals surface area contributed by atoms with Gasteiger partial charge in [-0.05, 0) is 30.9 Å². The Morgan fingerprint density at radius 3 is 2.88 bits per heavy atom. The minimum absolute atomic E-state index is 0.122. The first-order valence-electron chi connectivity index (χ1n) is 8.49. The van der Waals surface area contributed by atoms with E-state index in [1.165, 1.54) is 0 Å². The van der Waals surface area contributed by atoms with E-state index in [1.807, 2.05) is 19.9 Å². The Kier molecular flexibility index (Phi) is 6.67. The fourth-order valence-electron chi connectivity index (χ4n) is 2.60. The predicted octanol–water partition coefficient (Wildman–Crippen LogP) is 1.88. The highest BCUT2D eigenvalue weighted by atomic mass is 16.5. The average Bonchev–Trinajstić information content (AvgIpc) is 2.55. The second-order valence-corrected chi connectivity index (χ2v) is 5.92. The van der Waals surface area contributed by atoms with Gasteiger partial charge in [-0.15, -0.1) is 0 Å². The van der Waals surface area contributed by atoms with E-state index < -0.39 is 19.0 Å². The summed E-state index contributed by atoms with van der Waals surface area (Å²) in [5, 5.41) is 12.9. The minimum atomic E-state index is -1.19. The highest BCUT2D eigenvalue weighted by molar-refractivity contribution is 6.47. The lowest BCUT2D eigenvalue weighted by molar-refractivity contribution is -0.121. The van der Waals surface area contributed by atoms with Gasteiger partial charge in [0.2, 0.25) is 5.91 Å². The van der Waals surface area contributed by atoms with Gasteiger partial charge in [0.05, 0.1) is 12.5 Å². The van der Waals surface area contributed by atoms with Crippen molar-refractivity contribution in [2.75, 3.05) is 6.61 Å². The molecule has 0 fully saturated rings. The second-order valence-electron chi connectivity index (χ2n) is 5.92. The first kappa shape index (κ1) is 18.3. The number of carbonyl (C=O) groups is 2. The third-order valence-corrected chi connectivity index (χ3v) is 3.89. The molecule has 1 atom stereocenters. The Balaban J connectivity index is 2.11. The number of nitrogens with one attached hydrogen (secondary N) is 1. The van der Waals surface area contributed by atoms with Gasteiger partial charge in [-0.3, -0.25) is 4.79 Å². The fourth-order valence-corrected chi connectivity index (χ4v) is 2.60. The number of benzene rings is 1. The first-order chi connectivity index (χ1) is 11.6. The summed E-state index contributed by atoms with van der Waals surface area (Å²) in [6.07, 6.45) is 3.28. The van der Waals surface area contributed by atoms with E-state index in [0.717, 1.165) is 24.8 Å². The molecule has 1 aromatic carbocycles. The Bertz CT molecular complexity index is 592. The second kappa shape index (κ2) is 8.73. The summed E-state index contributed by atoms with van der Waals surface area (Å²) in [6.45, 7) is 4.29. The van der Waals surface area contributed by atoms with Gasteiger partial charge in [-0.2, -0.15) is 0 Å². The van der Waals surface area contributed by atoms with Crippen molar-refractivity contribution in [3.05, 3.63) is 29.3 Å². The van der Waals surface area contributed by atoms with Crippen molar-refractivity contribution in [1.82, 2.24) is 5.32 Å². The molecule has 2 rings (SSSR count). The molecule has 0 bridgehead atoms. The van der Waals surface area contributed by atoms with Crippen LogP contribution in [-0.2, 0) is 16.0 Å². The van der Waals surface area contributed by atoms with Crippen molar-refractivity contribution < 1.29 is 24.0 Å². The maximum absolute atomic E-state index is 12.2. The van der Waals surface area contributed by atoms with E-state index in [-0.39, 0.29) is 5.91 Å². The molecule has 0 saturated carbocycles. The van der Waals surface area contributed by atoms with Crippen LogP contribution in [0.3, 0.4) is 0 Å². The Morgan fingerprint density at radius 1 is 1.38 bits per heavy atom. The number of hydrogen-bond acceptors (Lipinski definition) is 5. The summed E-state index contributed by atoms with van der Waals surface area (Å²) in [5.74, 6) is -0.764. The summed E-state index contributed by atoms with van der Waals surface area (Å²) >= 11 is 0. The number of carbonyl (C=O) groups excluding carboxylic acids is 2. The lowest BCUT2D eigenvalue weighted by Crippen LogP contribution is -2.53. The van der Waals surface area contributed by atoms with Gasteiger partial charge >= 0.3 is 13.1 Å². The quantitative estimate of drug-likeness (QED) is 0.452. The maximum atomic E-state index is 12.2. The van der Waals surface area contributed by atoms with Crippen LogP contribution in [0.25, 0.3) is 0 Å². The van der Waals surface area contributed by atoms with Crippen LogP contribution in [0.15, 0.2) is 18.2 Å². The Labute approximate surface area is 142 Å². The van der Waals surface area contributed by atoms with E-state index in [0.29, 0.717) is 30.8 Å². The zero-order chi connectivity index (χ0) is 17.5. The standard InChI is InChI=1S/C17H24BNO5/c1-3-5-10-23-17(21)13-9-6-8-12-11-14(18(22)24-16(12)13)19-15(20)7-4-2/h6,8-9,14,22H,3-5,7,10-11H2,1-2H3,(H,19,20)/t14-/m0/s1. The van der Waals surface area contributed by atoms with Gasteiger partial charge in [-0.1, -0.05) is 32.4 Å². The summed E-state index contributed by atoms with van der Waals surface area (Å²) in [6, 6.07) is 5.19. The number of hydrogen-bond donors (Lipinski definition) is 2. The van der Waals surface area contributed by atoms with Gasteiger partial charge in [0, 0.05) is 6.42 Å². The number of esters is 1. The highest BCUT2D eigenvalue weighted by Gasteiger charge is 2.37. The third kappa shape index (κ3) is 4.51. The van der Waals surface area contributed by atoms with E-state index in [4.69, 9.17) is 9.39 Å². The van der Waals surface area contributed by atoms with Crippen LogP contribution in [0, 0.1) is 0 Å². The van der Waals surface area contributed by atoms with Crippen molar-refractivity contribution in [3.63, 3.8) is 0 Å². The minimum Gasteiger partial charge on any atom is -0.534 e. The maximum Gasteiger partial charge on any atom is 0.547 e. The van der Waals surface area contributed by atoms with Gasteiger partial charge in [0.1, 0.15) is 11.3 Å². The number of rotatable bonds is 7. The first-order valence-corrected chi connectivity index (χ1v) is 8.49. The zero-order valence-corrected chi connectivity index (χ0v) is 14.2. The summed E-state index contributed by atoms with van der Waals surface area (Å²) in [4.78, 5) is 23.9. The number of fused-ring (bicyclic) bond motifs is 1. The molecule has 0 aromatic heterocycles. The van der Waals surface area contributed by atoms with Gasteiger partial charge in [-0.25, -0.2) is 4.79 Å². The molecule has 7 heteroatoms. The molecule has 1 heterocycles. The molecule has 1 aliphatic heterocycles. The average molecular weight is 333 g/mol. The fraction of sp³-hybridized carbons (Fsp3) is 0.529. The van der Waals surface area contributed by atoms with Gasteiger partial charge in [0.15, 0.2) is 0 Å². The molecule has 6 nitrogen and oxygen atoms in total. The molecule has 0 radical (unpaired) electrons. The smallest absolute Gasteiger partial charge is 0.534 e. The molecule has 1 amide bonds. The van der Waals surface area contributed by atoms with Gasteiger partial charge in [0.25, 0.3) is 0 Å². The van der Waals surface area contributed by atoms with Crippen LogP contribution in [0.5, 0.6) is 5.75 Å². The molecule has 24 heavy (non-hydrogen) atoms. The molecule has 1 aromatic rings. The lowest BCUT2D eigenvalue weighted by atomic mass is 9.72. The number of amides is 1. The summed E-state index contributed by atoms with van der Waals surface area (Å²) in [5.41, 5.74) is 1.08. The molecule has 0 unspecified atom stereocenters. The van der Waals surface area contributed by atoms with E-state index in [9.17, 15) is 14.6 Å². The van der Waals surface area contributed by atoms with Crippen molar-refractivity contribution in [3.8, 4) is 5.75 Å². The van der Waals surface area contributed by atoms with Crippen molar-refractivity contribution >= 4 is 19.0 Å². The van der Waals surface area contributed by atoms with E-state index in [2.05, 4.69) is 5.32 Å². The molecule has 2 N–H and O–H groups in total. The summed E-state index contributed by atoms with van der Waals surface area (Å²) < 4.78 is 10.7. The number of unbranched alkanes of at least 4 members (excludes halogenated alkanes) is 1. The summed E-state index contributed by atoms with van der Waals surface area (Å²) in [7, 11) is -1.19. The van der Waals surface area contributed by atoms with Crippen LogP contribution in [0.2, 0.25) is 0 Å². The largest absolute Gasteiger partial charge is 0.547 e. The highest BCUT2D eigenvalue weighted by Crippen LogP contribution is 2.30. The molecule has 130 valence electrons. The van der Waals surface area contributed by atoms with E-state index in [1.54, 1.807) is 12.1 Å². The van der Waals surface area contributed by atoms with Gasteiger partial charge < -0.3 is 19.7 Å². The Morgan fingerprint density at radius 2 is 2.17 bits per heavy atom. The molecule has 0 aliphatic carbocycles. The van der Waals surface area contributed by atoms with Crippen molar-refractivity contribution in [1.29, 1.82) is 0 Å². The predicted molar refractivity (Wildman–Crippen MR) is 90.8 cm³/mol. The third-order valence-electron chi connectivity index (χ3n) is 3.89. The van der Waals surface area contributed by atoms with Crippen LogP contribution in [-0.4, -0.2) is 36.6 Å². The SMILES string of the molecule is CCCCOC(=O)c1cccc2c1OB(O)[C@@H](NC(=O)CCC)C2. The molecule has 0 spiro atoms. The molecular formula is C17H24BNO5. The normalized spacial score (nSPS) is 16.1. The van der Waals surface area contributed by atoms with Crippen LogP contribution >= 0.6 is 0 Å².